The van der Waals surface area contributed by atoms with Crippen LogP contribution in [0.25, 0.3) is 0 Å². The Morgan fingerprint density at radius 2 is 1.42 bits per heavy atom. The summed E-state index contributed by atoms with van der Waals surface area (Å²) in [7, 11) is 1.20. The van der Waals surface area contributed by atoms with Gasteiger partial charge in [0, 0.05) is 7.11 Å². The van der Waals surface area contributed by atoms with E-state index in [0.717, 1.165) is 0 Å². The molecule has 11 heteroatoms. The number of aliphatic hydroxyl groups excluding tert-OH is 7. The summed E-state index contributed by atoms with van der Waals surface area (Å²) in [5.74, 6) is 0. The number of hydrogen-bond donors (Lipinski definition) is 8. The Morgan fingerprint density at radius 1 is 0.833 bits per heavy atom. The highest BCUT2D eigenvalue weighted by Crippen LogP contribution is 2.29. The topological polar surface area (TPSA) is 195 Å². The van der Waals surface area contributed by atoms with Gasteiger partial charge in [-0.2, -0.15) is 0 Å². The zero-order valence-corrected chi connectivity index (χ0v) is 13.0. The lowest BCUT2D eigenvalue weighted by molar-refractivity contribution is -0.318. The number of aliphatic hydroxyl groups is 7. The van der Waals surface area contributed by atoms with Gasteiger partial charge in [0.25, 0.3) is 0 Å². The second-order valence-electron chi connectivity index (χ2n) is 6.05. The molecule has 2 aliphatic rings. The lowest BCUT2D eigenvalue weighted by Gasteiger charge is -2.46. The van der Waals surface area contributed by atoms with Crippen LogP contribution in [0.3, 0.4) is 0 Å². The van der Waals surface area contributed by atoms with Gasteiger partial charge >= 0.3 is 0 Å². The standard InChI is InChI=1S/C13H25NO10/c1-22-11-8(19)7(18)9(20)12(10(11)21)24-13-4(14)6(17)5(16)3(2-15)23-13/h3-13,15-21H,2,14H2,1H3/t3-,4-,5+,6-,7-,8-,9-,10-,11+,12+,13-/m1/s1. The minimum absolute atomic E-state index is 0.622. The second kappa shape index (κ2) is 7.85. The van der Waals surface area contributed by atoms with Gasteiger partial charge in [-0.1, -0.05) is 0 Å². The maximum Gasteiger partial charge on any atom is 0.176 e. The Bertz CT molecular complexity index is 412. The molecule has 1 aliphatic carbocycles. The number of methoxy groups -OCH3 is 1. The maximum atomic E-state index is 10.2. The third-order valence-electron chi connectivity index (χ3n) is 4.54. The quantitative estimate of drug-likeness (QED) is 0.240. The number of ether oxygens (including phenoxy) is 3. The van der Waals surface area contributed by atoms with Crippen molar-refractivity contribution in [2.45, 2.75) is 67.3 Å². The highest BCUT2D eigenvalue weighted by Gasteiger charge is 2.52. The summed E-state index contributed by atoms with van der Waals surface area (Å²) in [5, 5.41) is 68.7. The molecule has 2 fully saturated rings. The van der Waals surface area contributed by atoms with Crippen LogP contribution in [-0.2, 0) is 14.2 Å². The molecule has 1 aliphatic heterocycles. The predicted octanol–water partition coefficient (Wildman–Crippen LogP) is -5.39. The van der Waals surface area contributed by atoms with Crippen molar-refractivity contribution in [3.05, 3.63) is 0 Å². The molecule has 1 heterocycles. The van der Waals surface area contributed by atoms with Crippen LogP contribution in [0.2, 0.25) is 0 Å². The molecule has 0 spiro atoms. The first-order valence-electron chi connectivity index (χ1n) is 7.53. The van der Waals surface area contributed by atoms with Crippen LogP contribution < -0.4 is 5.73 Å². The molecule has 2 rings (SSSR count). The Kier molecular flexibility index (Phi) is 6.50. The smallest absolute Gasteiger partial charge is 0.176 e. The SMILES string of the molecule is CO[C@@H]1[C@@H](O)[C@@H](O[C@H]2O[C@H](CO)[C@H](O)[C@H](O)[C@H]2N)[C@H](O)[C@H](O)[C@H]1O. The molecule has 11 atom stereocenters. The minimum atomic E-state index is -1.69. The summed E-state index contributed by atoms with van der Waals surface area (Å²) in [5.41, 5.74) is 5.72. The van der Waals surface area contributed by atoms with Crippen molar-refractivity contribution in [3.8, 4) is 0 Å². The summed E-state index contributed by atoms with van der Waals surface area (Å²) in [4.78, 5) is 0. The first-order chi connectivity index (χ1) is 11.2. The zero-order chi connectivity index (χ0) is 18.2. The first-order valence-corrected chi connectivity index (χ1v) is 7.53. The van der Waals surface area contributed by atoms with Crippen molar-refractivity contribution < 1.29 is 50.0 Å². The van der Waals surface area contributed by atoms with Crippen molar-refractivity contribution in [1.82, 2.24) is 0 Å². The molecule has 0 amide bonds. The number of nitrogens with two attached hydrogens (primary N) is 1. The van der Waals surface area contributed by atoms with Crippen LogP contribution >= 0.6 is 0 Å². The molecule has 9 N–H and O–H groups in total. The van der Waals surface area contributed by atoms with Gasteiger partial charge in [0.2, 0.25) is 0 Å². The molecule has 0 bridgehead atoms. The van der Waals surface area contributed by atoms with E-state index in [-0.39, 0.29) is 0 Å². The molecule has 0 aromatic heterocycles. The van der Waals surface area contributed by atoms with Gasteiger partial charge in [-0.15, -0.1) is 0 Å². The summed E-state index contributed by atoms with van der Waals surface area (Å²) in [6, 6.07) is -1.24. The maximum absolute atomic E-state index is 10.2. The van der Waals surface area contributed by atoms with Gasteiger partial charge in [0.05, 0.1) is 12.6 Å². The third-order valence-corrected chi connectivity index (χ3v) is 4.54. The van der Waals surface area contributed by atoms with Gasteiger partial charge in [0.15, 0.2) is 6.29 Å². The van der Waals surface area contributed by atoms with E-state index >= 15 is 0 Å². The van der Waals surface area contributed by atoms with Crippen molar-refractivity contribution in [3.63, 3.8) is 0 Å². The van der Waals surface area contributed by atoms with E-state index in [2.05, 4.69) is 0 Å². The Balaban J connectivity index is 2.15. The Labute approximate surface area is 137 Å². The van der Waals surface area contributed by atoms with Crippen LogP contribution in [0.15, 0.2) is 0 Å². The van der Waals surface area contributed by atoms with E-state index in [0.29, 0.717) is 0 Å². The van der Waals surface area contributed by atoms with Crippen LogP contribution in [0.5, 0.6) is 0 Å². The summed E-state index contributed by atoms with van der Waals surface area (Å²) < 4.78 is 15.5. The molecule has 11 nitrogen and oxygen atoms in total. The second-order valence-corrected chi connectivity index (χ2v) is 6.05. The lowest BCUT2D eigenvalue weighted by atomic mass is 9.84. The first kappa shape index (κ1) is 19.9. The predicted molar refractivity (Wildman–Crippen MR) is 75.4 cm³/mol. The third kappa shape index (κ3) is 3.43. The zero-order valence-electron chi connectivity index (χ0n) is 13.0. The molecule has 0 radical (unpaired) electrons. The minimum Gasteiger partial charge on any atom is -0.394 e. The van der Waals surface area contributed by atoms with Crippen LogP contribution in [0.1, 0.15) is 0 Å². The fourth-order valence-electron chi connectivity index (χ4n) is 3.00. The molecule has 24 heavy (non-hydrogen) atoms. The average Bonchev–Trinajstić information content (AvgIpc) is 2.57. The monoisotopic (exact) mass is 355 g/mol. The van der Waals surface area contributed by atoms with E-state index < -0.39 is 73.9 Å². The highest BCUT2D eigenvalue weighted by molar-refractivity contribution is 5.01. The Hall–Kier alpha value is -0.440. The van der Waals surface area contributed by atoms with E-state index in [9.17, 15) is 30.6 Å². The number of hydrogen-bond acceptors (Lipinski definition) is 11. The van der Waals surface area contributed by atoms with Crippen LogP contribution in [-0.4, -0.2) is 117 Å². The Morgan fingerprint density at radius 3 is 1.96 bits per heavy atom. The van der Waals surface area contributed by atoms with E-state index in [1.54, 1.807) is 0 Å². The molecule has 0 aromatic carbocycles. The van der Waals surface area contributed by atoms with E-state index in [1.807, 2.05) is 0 Å². The van der Waals surface area contributed by atoms with E-state index in [1.165, 1.54) is 7.11 Å². The summed E-state index contributed by atoms with van der Waals surface area (Å²) >= 11 is 0. The molecule has 0 unspecified atom stereocenters. The summed E-state index contributed by atoms with van der Waals surface area (Å²) in [6.07, 6.45) is -14.6. The highest BCUT2D eigenvalue weighted by atomic mass is 16.7. The summed E-state index contributed by atoms with van der Waals surface area (Å²) in [6.45, 7) is -0.622. The van der Waals surface area contributed by atoms with E-state index in [4.69, 9.17) is 25.1 Å². The van der Waals surface area contributed by atoms with Crippen LogP contribution in [0.4, 0.5) is 0 Å². The van der Waals surface area contributed by atoms with Gasteiger partial charge in [-0.25, -0.2) is 0 Å². The van der Waals surface area contributed by atoms with Crippen molar-refractivity contribution in [1.29, 1.82) is 0 Å². The molecule has 0 aromatic rings. The average molecular weight is 355 g/mol. The number of rotatable bonds is 4. The fourth-order valence-corrected chi connectivity index (χ4v) is 3.00. The van der Waals surface area contributed by atoms with Gasteiger partial charge in [-0.05, 0) is 0 Å². The molecule has 1 saturated carbocycles. The van der Waals surface area contributed by atoms with Crippen molar-refractivity contribution in [2.75, 3.05) is 13.7 Å². The van der Waals surface area contributed by atoms with Gasteiger partial charge in [0.1, 0.15) is 54.9 Å². The van der Waals surface area contributed by atoms with Crippen molar-refractivity contribution in [2.24, 2.45) is 5.73 Å². The largest absolute Gasteiger partial charge is 0.394 e. The van der Waals surface area contributed by atoms with Crippen molar-refractivity contribution >= 4 is 0 Å². The van der Waals surface area contributed by atoms with Gasteiger partial charge in [-0.3, -0.25) is 0 Å². The normalized spacial score (nSPS) is 53.1. The molecular formula is C13H25NO10. The van der Waals surface area contributed by atoms with Gasteiger partial charge < -0.3 is 55.7 Å². The van der Waals surface area contributed by atoms with Crippen LogP contribution in [0, 0.1) is 0 Å². The molecular weight excluding hydrogens is 330 g/mol. The molecule has 142 valence electrons. The lowest BCUT2D eigenvalue weighted by Crippen LogP contribution is -2.68. The molecule has 1 saturated heterocycles. The fraction of sp³-hybridized carbons (Fsp3) is 1.00.